The number of halogens is 1. The molecule has 0 saturated heterocycles. The van der Waals surface area contributed by atoms with Crippen LogP contribution in [0.5, 0.6) is 11.5 Å². The highest BCUT2D eigenvalue weighted by Crippen LogP contribution is 2.26. The lowest BCUT2D eigenvalue weighted by Gasteiger charge is -2.12. The molecule has 2 aromatic carbocycles. The summed E-state index contributed by atoms with van der Waals surface area (Å²) in [6.07, 6.45) is 1.38. The quantitative estimate of drug-likeness (QED) is 0.375. The van der Waals surface area contributed by atoms with Crippen LogP contribution in [0, 0.1) is 12.7 Å². The third-order valence-corrected chi connectivity index (χ3v) is 5.42. The maximum absolute atomic E-state index is 13.4. The number of aromatic amines is 1. The first-order valence-corrected chi connectivity index (χ1v) is 10.7. The van der Waals surface area contributed by atoms with Gasteiger partial charge in [0.05, 0.1) is 37.4 Å². The summed E-state index contributed by atoms with van der Waals surface area (Å²) in [5, 5.41) is 11.6. The van der Waals surface area contributed by atoms with Gasteiger partial charge in [-0.25, -0.2) is 9.07 Å². The molecule has 0 atom stereocenters. The van der Waals surface area contributed by atoms with Crippen LogP contribution >= 0.6 is 0 Å². The lowest BCUT2D eigenvalue weighted by molar-refractivity contribution is 0.102. The van der Waals surface area contributed by atoms with E-state index >= 15 is 0 Å². The number of aromatic nitrogens is 6. The predicted octanol–water partition coefficient (Wildman–Crippen LogP) is 3.01. The molecule has 0 aliphatic heterocycles. The number of ether oxygens (including phenoxy) is 2. The molecule has 0 spiro atoms. The van der Waals surface area contributed by atoms with Gasteiger partial charge >= 0.3 is 0 Å². The number of hydrogen-bond donors (Lipinski definition) is 2. The molecule has 5 aromatic rings. The van der Waals surface area contributed by atoms with Gasteiger partial charge in [-0.15, -0.1) is 0 Å². The summed E-state index contributed by atoms with van der Waals surface area (Å²) < 4.78 is 26.6. The number of nitrogens with zero attached hydrogens (tertiary/aromatic N) is 5. The molecule has 0 saturated carbocycles. The van der Waals surface area contributed by atoms with Gasteiger partial charge in [0.2, 0.25) is 5.95 Å². The van der Waals surface area contributed by atoms with Crippen LogP contribution in [0.3, 0.4) is 0 Å². The van der Waals surface area contributed by atoms with Gasteiger partial charge in [-0.2, -0.15) is 19.9 Å². The molecule has 0 fully saturated rings. The van der Waals surface area contributed by atoms with Gasteiger partial charge in [0.1, 0.15) is 28.5 Å². The predicted molar refractivity (Wildman–Crippen MR) is 129 cm³/mol. The van der Waals surface area contributed by atoms with E-state index in [4.69, 9.17) is 9.47 Å². The van der Waals surface area contributed by atoms with E-state index in [0.717, 1.165) is 0 Å². The van der Waals surface area contributed by atoms with Crippen molar-refractivity contribution < 1.29 is 18.7 Å². The minimum absolute atomic E-state index is 0.0569. The zero-order valence-corrected chi connectivity index (χ0v) is 19.4. The first-order valence-electron chi connectivity index (χ1n) is 10.7. The van der Waals surface area contributed by atoms with Crippen LogP contribution in [0.2, 0.25) is 0 Å². The number of hydrogen-bond acceptors (Lipinski definition) is 7. The minimum Gasteiger partial charge on any atom is -0.497 e. The van der Waals surface area contributed by atoms with Crippen LogP contribution in [0.1, 0.15) is 16.1 Å². The second-order valence-electron chi connectivity index (χ2n) is 7.76. The zero-order valence-electron chi connectivity index (χ0n) is 19.4. The molecule has 0 aliphatic rings. The highest BCUT2D eigenvalue weighted by molar-refractivity contribution is 6.06. The van der Waals surface area contributed by atoms with Gasteiger partial charge in [-0.1, -0.05) is 0 Å². The Morgan fingerprint density at radius 2 is 1.83 bits per heavy atom. The van der Waals surface area contributed by atoms with Crippen molar-refractivity contribution in [3.63, 3.8) is 0 Å². The van der Waals surface area contributed by atoms with E-state index in [9.17, 15) is 14.0 Å². The number of amides is 1. The number of aryl methyl sites for hydroxylation is 1. The van der Waals surface area contributed by atoms with Crippen molar-refractivity contribution >= 4 is 22.8 Å². The summed E-state index contributed by atoms with van der Waals surface area (Å²) >= 11 is 0. The van der Waals surface area contributed by atoms with E-state index in [1.807, 2.05) is 0 Å². The van der Waals surface area contributed by atoms with Crippen LogP contribution in [0.25, 0.3) is 22.7 Å². The van der Waals surface area contributed by atoms with Crippen molar-refractivity contribution in [2.24, 2.45) is 0 Å². The van der Waals surface area contributed by atoms with Gasteiger partial charge in [0.25, 0.3) is 11.5 Å². The number of carbonyl (C=O) groups excluding carboxylic acids is 1. The maximum atomic E-state index is 13.4. The van der Waals surface area contributed by atoms with Crippen LogP contribution in [-0.2, 0) is 0 Å². The molecule has 12 heteroatoms. The number of H-pyrrole nitrogens is 1. The summed E-state index contributed by atoms with van der Waals surface area (Å²) in [4.78, 5) is 33.1. The summed E-state index contributed by atoms with van der Waals surface area (Å²) in [7, 11) is 2.97. The number of anilines is 1. The topological polar surface area (TPSA) is 129 Å². The van der Waals surface area contributed by atoms with Crippen molar-refractivity contribution in [3.8, 4) is 23.1 Å². The SMILES string of the molecule is COc1ccc(C(=O)Nc2cc(C)nn2-c2nc3c(cnn3-c3ccc(F)cc3)c(=O)[nH]2)c(OC)c1. The number of methoxy groups -OCH3 is 2. The molecular weight excluding hydrogens is 469 g/mol. The fourth-order valence-corrected chi connectivity index (χ4v) is 3.70. The van der Waals surface area contributed by atoms with E-state index in [2.05, 4.69) is 25.5 Å². The molecule has 182 valence electrons. The Kier molecular flexibility index (Phi) is 5.68. The second-order valence-corrected chi connectivity index (χ2v) is 7.76. The Hall–Kier alpha value is -5.00. The molecule has 36 heavy (non-hydrogen) atoms. The molecule has 3 heterocycles. The summed E-state index contributed by atoms with van der Waals surface area (Å²) in [5.74, 6) is 0.327. The number of nitrogens with one attached hydrogen (secondary N) is 2. The highest BCUT2D eigenvalue weighted by atomic mass is 19.1. The fraction of sp³-hybridized carbons (Fsp3) is 0.125. The van der Waals surface area contributed by atoms with Gasteiger partial charge in [0.15, 0.2) is 5.65 Å². The zero-order chi connectivity index (χ0) is 25.4. The summed E-state index contributed by atoms with van der Waals surface area (Å²) in [6.45, 7) is 1.74. The van der Waals surface area contributed by atoms with Gasteiger partial charge in [-0.05, 0) is 43.3 Å². The number of rotatable bonds is 6. The van der Waals surface area contributed by atoms with Gasteiger partial charge in [-0.3, -0.25) is 14.6 Å². The second kappa shape index (κ2) is 8.98. The van der Waals surface area contributed by atoms with E-state index in [0.29, 0.717) is 22.9 Å². The minimum atomic E-state index is -0.463. The largest absolute Gasteiger partial charge is 0.497 e. The lowest BCUT2D eigenvalue weighted by Crippen LogP contribution is -2.19. The number of fused-ring (bicyclic) bond motifs is 1. The van der Waals surface area contributed by atoms with Crippen LogP contribution in [0.15, 0.2) is 59.5 Å². The third-order valence-electron chi connectivity index (χ3n) is 5.42. The summed E-state index contributed by atoms with van der Waals surface area (Å²) in [6, 6.07) is 12.1. The standard InChI is InChI=1S/C24H20FN7O4/c1-13-10-20(27-22(33)17-9-8-16(35-2)11-19(17)36-3)32(30-13)24-28-21-18(23(34)29-24)12-26-31(21)15-6-4-14(25)5-7-15/h4-12H,1-3H3,(H,27,33)(H,28,29,34). The smallest absolute Gasteiger partial charge is 0.263 e. The van der Waals surface area contributed by atoms with E-state index in [1.165, 1.54) is 54.0 Å². The fourth-order valence-electron chi connectivity index (χ4n) is 3.70. The van der Waals surface area contributed by atoms with Crippen LogP contribution in [0.4, 0.5) is 10.2 Å². The van der Waals surface area contributed by atoms with E-state index in [1.54, 1.807) is 31.2 Å². The molecule has 11 nitrogen and oxygen atoms in total. The molecule has 0 bridgehead atoms. The van der Waals surface area contributed by atoms with E-state index < -0.39 is 17.3 Å². The van der Waals surface area contributed by atoms with Crippen LogP contribution < -0.4 is 20.3 Å². The van der Waals surface area contributed by atoms with Crippen molar-refractivity contribution in [1.29, 1.82) is 0 Å². The Bertz CT molecular complexity index is 1650. The normalized spacial score (nSPS) is 11.0. The molecule has 5 rings (SSSR count). The lowest BCUT2D eigenvalue weighted by atomic mass is 10.1. The Morgan fingerprint density at radius 3 is 2.56 bits per heavy atom. The Morgan fingerprint density at radius 1 is 1.06 bits per heavy atom. The van der Waals surface area contributed by atoms with Gasteiger partial charge in [0, 0.05) is 12.1 Å². The van der Waals surface area contributed by atoms with Gasteiger partial charge < -0.3 is 14.8 Å². The number of benzene rings is 2. The Balaban J connectivity index is 1.56. The average Bonchev–Trinajstić information content (AvgIpc) is 3.47. The molecule has 0 unspecified atom stereocenters. The first-order chi connectivity index (χ1) is 17.4. The molecule has 2 N–H and O–H groups in total. The molecule has 0 aliphatic carbocycles. The van der Waals surface area contributed by atoms with E-state index in [-0.39, 0.29) is 28.4 Å². The first kappa shape index (κ1) is 22.8. The Labute approximate surface area is 203 Å². The number of carbonyl (C=O) groups is 1. The highest BCUT2D eigenvalue weighted by Gasteiger charge is 2.19. The van der Waals surface area contributed by atoms with Crippen molar-refractivity contribution in [1.82, 2.24) is 29.5 Å². The third kappa shape index (κ3) is 4.04. The van der Waals surface area contributed by atoms with Crippen LogP contribution in [-0.4, -0.2) is 49.7 Å². The average molecular weight is 489 g/mol. The summed E-state index contributed by atoms with van der Waals surface area (Å²) in [5.41, 5.74) is 1.15. The molecular formula is C24H20FN7O4. The molecule has 3 aromatic heterocycles. The molecule has 0 radical (unpaired) electrons. The monoisotopic (exact) mass is 489 g/mol. The van der Waals surface area contributed by atoms with Crippen molar-refractivity contribution in [2.45, 2.75) is 6.92 Å². The van der Waals surface area contributed by atoms with Crippen molar-refractivity contribution in [2.75, 3.05) is 19.5 Å². The molecule has 1 amide bonds. The maximum Gasteiger partial charge on any atom is 0.263 e. The van der Waals surface area contributed by atoms with Crippen molar-refractivity contribution in [3.05, 3.63) is 82.2 Å².